The van der Waals surface area contributed by atoms with E-state index in [-0.39, 0.29) is 12.0 Å². The third-order valence-corrected chi connectivity index (χ3v) is 4.37. The maximum Gasteiger partial charge on any atom is 0.325 e. The molecule has 114 valence electrons. The molecule has 0 saturated carbocycles. The monoisotopic (exact) mass is 355 g/mol. The van der Waals surface area contributed by atoms with E-state index in [9.17, 15) is 4.79 Å². The molecule has 0 N–H and O–H groups in total. The van der Waals surface area contributed by atoms with Crippen LogP contribution in [0.2, 0.25) is 0 Å². The molecule has 2 heterocycles. The lowest BCUT2D eigenvalue weighted by atomic mass is 10.1. The van der Waals surface area contributed by atoms with E-state index in [0.29, 0.717) is 26.3 Å². The zero-order valence-electron chi connectivity index (χ0n) is 11.9. The molecule has 2 aliphatic heterocycles. The summed E-state index contributed by atoms with van der Waals surface area (Å²) >= 11 is 3.55. The Labute approximate surface area is 132 Å². The van der Waals surface area contributed by atoms with Crippen LogP contribution in [0.1, 0.15) is 11.1 Å². The lowest BCUT2D eigenvalue weighted by Gasteiger charge is -2.33. The summed E-state index contributed by atoms with van der Waals surface area (Å²) in [6, 6.07) is 3.82. The summed E-state index contributed by atoms with van der Waals surface area (Å²) in [5, 5.41) is 0. The van der Waals surface area contributed by atoms with Crippen molar-refractivity contribution in [2.45, 2.75) is 19.0 Å². The van der Waals surface area contributed by atoms with E-state index in [1.165, 1.54) is 12.7 Å². The number of benzene rings is 1. The molecule has 1 aromatic rings. The van der Waals surface area contributed by atoms with Gasteiger partial charge in [-0.2, -0.15) is 0 Å². The first kappa shape index (κ1) is 14.8. The van der Waals surface area contributed by atoms with Crippen LogP contribution in [0.4, 0.5) is 0 Å². The summed E-state index contributed by atoms with van der Waals surface area (Å²) in [5.41, 5.74) is 2.33. The van der Waals surface area contributed by atoms with Gasteiger partial charge in [-0.1, -0.05) is 15.9 Å². The molecule has 5 nitrogen and oxygen atoms in total. The Morgan fingerprint density at radius 2 is 2.33 bits per heavy atom. The summed E-state index contributed by atoms with van der Waals surface area (Å²) < 4.78 is 17.1. The Bertz CT molecular complexity index is 549. The molecule has 2 aliphatic rings. The first-order valence-electron chi connectivity index (χ1n) is 7.03. The van der Waals surface area contributed by atoms with Crippen LogP contribution in [0.25, 0.3) is 0 Å². The Morgan fingerprint density at radius 1 is 1.48 bits per heavy atom. The lowest BCUT2D eigenvalue weighted by molar-refractivity contribution is -0.153. The number of carbonyl (C=O) groups excluding carboxylic acids is 1. The van der Waals surface area contributed by atoms with Crippen LogP contribution < -0.4 is 4.74 Å². The van der Waals surface area contributed by atoms with Crippen LogP contribution in [0.5, 0.6) is 5.75 Å². The normalized spacial score (nSPS) is 21.7. The van der Waals surface area contributed by atoms with Gasteiger partial charge in [0.05, 0.1) is 26.9 Å². The van der Waals surface area contributed by atoms with Crippen LogP contribution in [0, 0.1) is 0 Å². The zero-order chi connectivity index (χ0) is 14.8. The standard InChI is InChI=1S/C15H18BrNO4/c1-19-15(18)13-9-20-5-3-17(13)8-11-7-12(16)6-10-2-4-21-14(10)11/h6-7,13H,2-5,8-9H2,1H3. The van der Waals surface area contributed by atoms with Gasteiger partial charge in [-0.05, 0) is 17.7 Å². The molecular formula is C15H18BrNO4. The third-order valence-electron chi connectivity index (χ3n) is 3.91. The number of hydrogen-bond donors (Lipinski definition) is 0. The van der Waals surface area contributed by atoms with Crippen molar-refractivity contribution >= 4 is 21.9 Å². The van der Waals surface area contributed by atoms with Gasteiger partial charge in [0.1, 0.15) is 11.8 Å². The predicted molar refractivity (Wildman–Crippen MR) is 80.4 cm³/mol. The molecule has 6 heteroatoms. The first-order chi connectivity index (χ1) is 10.2. The summed E-state index contributed by atoms with van der Waals surface area (Å²) in [4.78, 5) is 14.0. The maximum atomic E-state index is 11.9. The fourth-order valence-corrected chi connectivity index (χ4v) is 3.42. The van der Waals surface area contributed by atoms with Crippen molar-refractivity contribution in [1.82, 2.24) is 4.90 Å². The maximum absolute atomic E-state index is 11.9. The second-order valence-corrected chi connectivity index (χ2v) is 6.15. The summed E-state index contributed by atoms with van der Waals surface area (Å²) in [6.07, 6.45) is 0.936. The Hall–Kier alpha value is -1.11. The van der Waals surface area contributed by atoms with Crippen LogP contribution >= 0.6 is 15.9 Å². The molecule has 0 aromatic heterocycles. The van der Waals surface area contributed by atoms with E-state index >= 15 is 0 Å². The number of rotatable bonds is 3. The molecule has 0 bridgehead atoms. The molecule has 1 fully saturated rings. The zero-order valence-corrected chi connectivity index (χ0v) is 13.5. The van der Waals surface area contributed by atoms with E-state index in [0.717, 1.165) is 28.8 Å². The number of fused-ring (bicyclic) bond motifs is 1. The Kier molecular flexibility index (Phi) is 4.47. The average molecular weight is 356 g/mol. The molecule has 0 aliphatic carbocycles. The number of nitrogens with zero attached hydrogens (tertiary/aromatic N) is 1. The van der Waals surface area contributed by atoms with E-state index < -0.39 is 0 Å². The minimum absolute atomic E-state index is 0.248. The number of carbonyl (C=O) groups is 1. The van der Waals surface area contributed by atoms with Gasteiger partial charge >= 0.3 is 5.97 Å². The number of esters is 1. The van der Waals surface area contributed by atoms with E-state index in [4.69, 9.17) is 14.2 Å². The van der Waals surface area contributed by atoms with Crippen LogP contribution in [-0.2, 0) is 27.2 Å². The number of ether oxygens (including phenoxy) is 3. The van der Waals surface area contributed by atoms with Crippen molar-refractivity contribution < 1.29 is 19.0 Å². The number of morpholine rings is 1. The van der Waals surface area contributed by atoms with Crippen LogP contribution in [0.3, 0.4) is 0 Å². The van der Waals surface area contributed by atoms with Crippen LogP contribution in [0.15, 0.2) is 16.6 Å². The van der Waals surface area contributed by atoms with Gasteiger partial charge in [-0.15, -0.1) is 0 Å². The summed E-state index contributed by atoms with van der Waals surface area (Å²) in [7, 11) is 1.41. The highest BCUT2D eigenvalue weighted by Crippen LogP contribution is 2.34. The second kappa shape index (κ2) is 6.34. The molecule has 3 rings (SSSR count). The van der Waals surface area contributed by atoms with Gasteiger partial charge < -0.3 is 14.2 Å². The van der Waals surface area contributed by atoms with Crippen molar-refractivity contribution in [3.05, 3.63) is 27.7 Å². The predicted octanol–water partition coefficient (Wildman–Crippen LogP) is 1.76. The van der Waals surface area contributed by atoms with Gasteiger partial charge in [-0.25, -0.2) is 0 Å². The SMILES string of the molecule is COC(=O)C1COCCN1Cc1cc(Br)cc2c1OCC2. The van der Waals surface area contributed by atoms with Gasteiger partial charge in [0.2, 0.25) is 0 Å². The minimum Gasteiger partial charge on any atom is -0.493 e. The minimum atomic E-state index is -0.347. The van der Waals surface area contributed by atoms with Crippen LogP contribution in [-0.4, -0.2) is 50.4 Å². The van der Waals surface area contributed by atoms with E-state index in [1.54, 1.807) is 0 Å². The topological polar surface area (TPSA) is 48.0 Å². The Balaban J connectivity index is 1.83. The highest BCUT2D eigenvalue weighted by molar-refractivity contribution is 9.10. The fraction of sp³-hybridized carbons (Fsp3) is 0.533. The molecule has 1 unspecified atom stereocenters. The smallest absolute Gasteiger partial charge is 0.325 e. The van der Waals surface area contributed by atoms with Gasteiger partial charge in [-0.3, -0.25) is 9.69 Å². The average Bonchev–Trinajstić information content (AvgIpc) is 2.95. The number of halogens is 1. The molecular weight excluding hydrogens is 338 g/mol. The quantitative estimate of drug-likeness (QED) is 0.773. The van der Waals surface area contributed by atoms with E-state index in [1.807, 2.05) is 0 Å². The summed E-state index contributed by atoms with van der Waals surface area (Å²) in [5.74, 6) is 0.718. The second-order valence-electron chi connectivity index (χ2n) is 5.24. The van der Waals surface area contributed by atoms with Crippen molar-refractivity contribution in [2.24, 2.45) is 0 Å². The molecule has 0 radical (unpaired) electrons. The molecule has 21 heavy (non-hydrogen) atoms. The number of hydrogen-bond acceptors (Lipinski definition) is 5. The highest BCUT2D eigenvalue weighted by Gasteiger charge is 2.31. The molecule has 0 amide bonds. The van der Waals surface area contributed by atoms with Gasteiger partial charge in [0.25, 0.3) is 0 Å². The van der Waals surface area contributed by atoms with Crippen molar-refractivity contribution in [2.75, 3.05) is 33.5 Å². The lowest BCUT2D eigenvalue weighted by Crippen LogP contribution is -2.49. The summed E-state index contributed by atoms with van der Waals surface area (Å²) in [6.45, 7) is 3.10. The first-order valence-corrected chi connectivity index (χ1v) is 7.82. The molecule has 0 spiro atoms. The van der Waals surface area contributed by atoms with Crippen molar-refractivity contribution in [1.29, 1.82) is 0 Å². The number of methoxy groups -OCH3 is 1. The Morgan fingerprint density at radius 3 is 3.14 bits per heavy atom. The van der Waals surface area contributed by atoms with Crippen molar-refractivity contribution in [3.63, 3.8) is 0 Å². The van der Waals surface area contributed by atoms with Gasteiger partial charge in [0, 0.05) is 29.5 Å². The highest BCUT2D eigenvalue weighted by atomic mass is 79.9. The third kappa shape index (κ3) is 3.07. The molecule has 1 atom stereocenters. The fourth-order valence-electron chi connectivity index (χ4n) is 2.86. The van der Waals surface area contributed by atoms with E-state index in [2.05, 4.69) is 33.0 Å². The largest absolute Gasteiger partial charge is 0.493 e. The van der Waals surface area contributed by atoms with Gasteiger partial charge in [0.15, 0.2) is 0 Å². The molecule has 1 saturated heterocycles. The van der Waals surface area contributed by atoms with Crippen molar-refractivity contribution in [3.8, 4) is 5.75 Å². The molecule has 1 aromatic carbocycles.